The Bertz CT molecular complexity index is 493. The van der Waals surface area contributed by atoms with Crippen LogP contribution >= 0.6 is 0 Å². The Kier molecular flexibility index (Phi) is 4.04. The number of Topliss-reactive ketones (excluding diaryl/α,β-unsaturated/α-hetero) is 1. The van der Waals surface area contributed by atoms with E-state index in [1.165, 1.54) is 0 Å². The third-order valence-electron chi connectivity index (χ3n) is 3.74. The van der Waals surface area contributed by atoms with E-state index in [2.05, 4.69) is 4.98 Å². The molecule has 1 saturated heterocycles. The lowest BCUT2D eigenvalue weighted by Gasteiger charge is -2.32. The maximum absolute atomic E-state index is 12.3. The first kappa shape index (κ1) is 13.8. The van der Waals surface area contributed by atoms with E-state index in [1.807, 2.05) is 24.8 Å². The van der Waals surface area contributed by atoms with Crippen molar-refractivity contribution in [3.8, 4) is 0 Å². The zero-order valence-corrected chi connectivity index (χ0v) is 11.5. The Balaban J connectivity index is 2.09. The predicted molar refractivity (Wildman–Crippen MR) is 73.0 cm³/mol. The van der Waals surface area contributed by atoms with E-state index in [4.69, 9.17) is 5.73 Å². The van der Waals surface area contributed by atoms with E-state index in [9.17, 15) is 9.59 Å². The molecule has 1 aliphatic heterocycles. The molecule has 1 unspecified atom stereocenters. The number of hydrogen-bond donors (Lipinski definition) is 2. The lowest BCUT2D eigenvalue weighted by molar-refractivity contribution is -0.124. The quantitative estimate of drug-likeness (QED) is 0.800. The Morgan fingerprint density at radius 1 is 1.42 bits per heavy atom. The number of carbonyl (C=O) groups excluding carboxylic acids is 2. The van der Waals surface area contributed by atoms with Crippen LogP contribution in [0.1, 0.15) is 41.0 Å². The summed E-state index contributed by atoms with van der Waals surface area (Å²) in [5.74, 6) is -0.274. The first-order chi connectivity index (χ1) is 8.99. The van der Waals surface area contributed by atoms with Crippen molar-refractivity contribution in [3.05, 3.63) is 23.0 Å². The molecule has 19 heavy (non-hydrogen) atoms. The Morgan fingerprint density at radius 3 is 2.74 bits per heavy atom. The largest absolute Gasteiger partial charge is 0.368 e. The van der Waals surface area contributed by atoms with Crippen LogP contribution in [0.3, 0.4) is 0 Å². The number of aryl methyl sites for hydroxylation is 2. The number of piperidine rings is 1. The molecular weight excluding hydrogens is 242 g/mol. The van der Waals surface area contributed by atoms with Gasteiger partial charge in [-0.3, -0.25) is 14.5 Å². The van der Waals surface area contributed by atoms with Gasteiger partial charge in [0.2, 0.25) is 5.91 Å². The fourth-order valence-corrected chi connectivity index (χ4v) is 2.79. The zero-order chi connectivity index (χ0) is 14.0. The van der Waals surface area contributed by atoms with Gasteiger partial charge in [-0.1, -0.05) is 6.42 Å². The highest BCUT2D eigenvalue weighted by atomic mass is 16.1. The van der Waals surface area contributed by atoms with Crippen LogP contribution in [0.15, 0.2) is 6.07 Å². The van der Waals surface area contributed by atoms with Crippen LogP contribution in [-0.4, -0.2) is 40.7 Å². The third kappa shape index (κ3) is 3.04. The molecule has 2 rings (SSSR count). The van der Waals surface area contributed by atoms with E-state index in [0.717, 1.165) is 37.2 Å². The van der Waals surface area contributed by atoms with Crippen molar-refractivity contribution in [2.75, 3.05) is 13.1 Å². The van der Waals surface area contributed by atoms with Gasteiger partial charge in [0, 0.05) is 17.0 Å². The van der Waals surface area contributed by atoms with Gasteiger partial charge in [-0.15, -0.1) is 0 Å². The Morgan fingerprint density at radius 2 is 2.16 bits per heavy atom. The number of likely N-dealkylation sites (tertiary alicyclic amines) is 1. The molecule has 1 aromatic heterocycles. The van der Waals surface area contributed by atoms with Crippen LogP contribution in [0, 0.1) is 13.8 Å². The summed E-state index contributed by atoms with van der Waals surface area (Å²) in [6.07, 6.45) is 2.77. The second-order valence-corrected chi connectivity index (χ2v) is 5.30. The minimum atomic E-state index is -0.325. The van der Waals surface area contributed by atoms with Crippen molar-refractivity contribution in [2.24, 2.45) is 5.73 Å². The van der Waals surface area contributed by atoms with Gasteiger partial charge in [0.1, 0.15) is 0 Å². The minimum Gasteiger partial charge on any atom is -0.368 e. The average Bonchev–Trinajstić information content (AvgIpc) is 2.69. The van der Waals surface area contributed by atoms with Gasteiger partial charge in [-0.25, -0.2) is 0 Å². The molecule has 5 heteroatoms. The first-order valence-electron chi connectivity index (χ1n) is 6.72. The van der Waals surface area contributed by atoms with Crippen LogP contribution in [0.25, 0.3) is 0 Å². The van der Waals surface area contributed by atoms with E-state index in [0.29, 0.717) is 5.56 Å². The second kappa shape index (κ2) is 5.57. The molecule has 1 atom stereocenters. The van der Waals surface area contributed by atoms with Gasteiger partial charge in [0.15, 0.2) is 5.78 Å². The first-order valence-corrected chi connectivity index (χ1v) is 6.72. The molecule has 1 amide bonds. The van der Waals surface area contributed by atoms with Crippen molar-refractivity contribution in [2.45, 2.75) is 39.2 Å². The van der Waals surface area contributed by atoms with E-state index in [1.54, 1.807) is 0 Å². The van der Waals surface area contributed by atoms with Gasteiger partial charge < -0.3 is 10.7 Å². The highest BCUT2D eigenvalue weighted by molar-refractivity contribution is 5.99. The highest BCUT2D eigenvalue weighted by Gasteiger charge is 2.28. The zero-order valence-electron chi connectivity index (χ0n) is 11.5. The monoisotopic (exact) mass is 263 g/mol. The van der Waals surface area contributed by atoms with Crippen molar-refractivity contribution >= 4 is 11.7 Å². The van der Waals surface area contributed by atoms with Crippen LogP contribution in [0.4, 0.5) is 0 Å². The summed E-state index contributed by atoms with van der Waals surface area (Å²) >= 11 is 0. The third-order valence-corrected chi connectivity index (χ3v) is 3.74. The molecule has 0 aliphatic carbocycles. The molecule has 1 fully saturated rings. The molecule has 0 bridgehead atoms. The number of aromatic nitrogens is 1. The van der Waals surface area contributed by atoms with Gasteiger partial charge in [-0.05, 0) is 39.3 Å². The van der Waals surface area contributed by atoms with Crippen molar-refractivity contribution < 1.29 is 9.59 Å². The predicted octanol–water partition coefficient (Wildman–Crippen LogP) is 1.15. The summed E-state index contributed by atoms with van der Waals surface area (Å²) in [6.45, 7) is 4.85. The molecule has 3 N–H and O–H groups in total. The fraction of sp³-hybridized carbons (Fsp3) is 0.571. The summed E-state index contributed by atoms with van der Waals surface area (Å²) in [5.41, 5.74) is 7.98. The van der Waals surface area contributed by atoms with Crippen molar-refractivity contribution in [1.82, 2.24) is 9.88 Å². The van der Waals surface area contributed by atoms with Crippen LogP contribution < -0.4 is 5.73 Å². The van der Waals surface area contributed by atoms with Crippen molar-refractivity contribution in [3.63, 3.8) is 0 Å². The summed E-state index contributed by atoms with van der Waals surface area (Å²) in [5, 5.41) is 0. The maximum atomic E-state index is 12.3. The second-order valence-electron chi connectivity index (χ2n) is 5.30. The van der Waals surface area contributed by atoms with Crippen molar-refractivity contribution in [1.29, 1.82) is 0 Å². The maximum Gasteiger partial charge on any atom is 0.234 e. The number of rotatable bonds is 4. The standard InChI is InChI=1S/C14H21N3O2/c1-9-7-11(10(2)16-9)13(18)8-17-6-4-3-5-12(17)14(15)19/h7,12,16H,3-6,8H2,1-2H3,(H2,15,19). The van der Waals surface area contributed by atoms with Gasteiger partial charge in [0.05, 0.1) is 12.6 Å². The molecule has 1 aliphatic rings. The number of nitrogens with one attached hydrogen (secondary N) is 1. The molecule has 0 radical (unpaired) electrons. The number of H-pyrrole nitrogens is 1. The number of nitrogens with two attached hydrogens (primary N) is 1. The molecular formula is C14H21N3O2. The summed E-state index contributed by atoms with van der Waals surface area (Å²) in [7, 11) is 0. The van der Waals surface area contributed by atoms with E-state index < -0.39 is 0 Å². The Labute approximate surface area is 113 Å². The number of hydrogen-bond acceptors (Lipinski definition) is 3. The topological polar surface area (TPSA) is 79.2 Å². The van der Waals surface area contributed by atoms with Gasteiger partial charge in [-0.2, -0.15) is 0 Å². The van der Waals surface area contributed by atoms with Crippen LogP contribution in [-0.2, 0) is 4.79 Å². The molecule has 1 aromatic rings. The molecule has 2 heterocycles. The SMILES string of the molecule is Cc1cc(C(=O)CN2CCCCC2C(N)=O)c(C)[nH]1. The molecule has 0 saturated carbocycles. The fourth-order valence-electron chi connectivity index (χ4n) is 2.79. The van der Waals surface area contributed by atoms with E-state index in [-0.39, 0.29) is 24.3 Å². The van der Waals surface area contributed by atoms with Crippen LogP contribution in [0.2, 0.25) is 0 Å². The van der Waals surface area contributed by atoms with Crippen LogP contribution in [0.5, 0.6) is 0 Å². The number of nitrogens with zero attached hydrogens (tertiary/aromatic N) is 1. The smallest absolute Gasteiger partial charge is 0.234 e. The molecule has 5 nitrogen and oxygen atoms in total. The minimum absolute atomic E-state index is 0.0509. The lowest BCUT2D eigenvalue weighted by atomic mass is 10.0. The van der Waals surface area contributed by atoms with Gasteiger partial charge >= 0.3 is 0 Å². The number of ketones is 1. The number of carbonyl (C=O) groups is 2. The number of amides is 1. The lowest BCUT2D eigenvalue weighted by Crippen LogP contribution is -2.49. The normalized spacial score (nSPS) is 20.4. The van der Waals surface area contributed by atoms with E-state index >= 15 is 0 Å². The summed E-state index contributed by atoms with van der Waals surface area (Å²) < 4.78 is 0. The molecule has 104 valence electrons. The molecule has 0 aromatic carbocycles. The number of aromatic amines is 1. The summed E-state index contributed by atoms with van der Waals surface area (Å²) in [6, 6.07) is 1.57. The van der Waals surface area contributed by atoms with Gasteiger partial charge in [0.25, 0.3) is 0 Å². The summed E-state index contributed by atoms with van der Waals surface area (Å²) in [4.78, 5) is 28.8. The Hall–Kier alpha value is -1.62. The highest BCUT2D eigenvalue weighted by Crippen LogP contribution is 2.18. The molecule has 0 spiro atoms. The number of primary amides is 1. The average molecular weight is 263 g/mol.